The number of likely N-dealkylation sites (tertiary alicyclic amines) is 1. The molecule has 0 spiro atoms. The standard InChI is InChI=1S/C14H23BrN2S/c1-4-11(16)13(12-8-10(15)9-18-12)17-7-5-6-14(17,2)3/h8-9,11,13H,4-7,16H2,1-3H3. The lowest BCUT2D eigenvalue weighted by molar-refractivity contribution is 0.0985. The van der Waals surface area contributed by atoms with Crippen molar-refractivity contribution in [1.82, 2.24) is 4.90 Å². The first-order chi connectivity index (χ1) is 8.45. The minimum absolute atomic E-state index is 0.216. The van der Waals surface area contributed by atoms with E-state index in [4.69, 9.17) is 5.73 Å². The Bertz CT molecular complexity index is 402. The number of hydrogen-bond acceptors (Lipinski definition) is 3. The fourth-order valence-corrected chi connectivity index (χ4v) is 4.58. The molecular weight excluding hydrogens is 308 g/mol. The van der Waals surface area contributed by atoms with Crippen molar-refractivity contribution in [1.29, 1.82) is 0 Å². The molecule has 1 aliphatic rings. The van der Waals surface area contributed by atoms with Crippen LogP contribution in [0.2, 0.25) is 0 Å². The summed E-state index contributed by atoms with van der Waals surface area (Å²) in [5.41, 5.74) is 6.68. The summed E-state index contributed by atoms with van der Waals surface area (Å²) >= 11 is 5.38. The third kappa shape index (κ3) is 2.82. The summed E-state index contributed by atoms with van der Waals surface area (Å²) in [6.07, 6.45) is 3.58. The molecule has 2 rings (SSSR count). The number of hydrogen-bond donors (Lipinski definition) is 1. The summed E-state index contributed by atoms with van der Waals surface area (Å²) in [5, 5.41) is 2.16. The summed E-state index contributed by atoms with van der Waals surface area (Å²) in [5.74, 6) is 0. The largest absolute Gasteiger partial charge is 0.326 e. The Balaban J connectivity index is 2.31. The van der Waals surface area contributed by atoms with E-state index in [9.17, 15) is 0 Å². The monoisotopic (exact) mass is 330 g/mol. The Kier molecular flexibility index (Phi) is 4.52. The molecule has 102 valence electrons. The van der Waals surface area contributed by atoms with Crippen molar-refractivity contribution in [2.24, 2.45) is 5.73 Å². The molecule has 18 heavy (non-hydrogen) atoms. The van der Waals surface area contributed by atoms with E-state index in [0.717, 1.165) is 6.42 Å². The van der Waals surface area contributed by atoms with Crippen LogP contribution in [0.5, 0.6) is 0 Å². The van der Waals surface area contributed by atoms with Gasteiger partial charge < -0.3 is 5.73 Å². The number of halogens is 1. The second-order valence-corrected chi connectivity index (χ2v) is 7.65. The van der Waals surface area contributed by atoms with Gasteiger partial charge in [-0.3, -0.25) is 4.90 Å². The van der Waals surface area contributed by atoms with E-state index in [1.807, 2.05) is 11.3 Å². The zero-order chi connectivity index (χ0) is 13.3. The van der Waals surface area contributed by atoms with Gasteiger partial charge in [-0.25, -0.2) is 0 Å². The van der Waals surface area contributed by atoms with E-state index >= 15 is 0 Å². The van der Waals surface area contributed by atoms with Gasteiger partial charge in [-0.05, 0) is 61.7 Å². The molecule has 0 aromatic carbocycles. The number of nitrogens with two attached hydrogens (primary N) is 1. The highest BCUT2D eigenvalue weighted by molar-refractivity contribution is 9.10. The molecule has 1 fully saturated rings. The molecule has 2 nitrogen and oxygen atoms in total. The van der Waals surface area contributed by atoms with Crippen LogP contribution in [-0.4, -0.2) is 23.0 Å². The molecule has 4 heteroatoms. The van der Waals surface area contributed by atoms with Crippen molar-refractivity contribution in [2.75, 3.05) is 6.54 Å². The molecule has 2 heterocycles. The van der Waals surface area contributed by atoms with Crippen LogP contribution >= 0.6 is 27.3 Å². The first-order valence-corrected chi connectivity index (χ1v) is 8.39. The van der Waals surface area contributed by atoms with Gasteiger partial charge in [-0.15, -0.1) is 11.3 Å². The second-order valence-electron chi connectivity index (χ2n) is 5.79. The van der Waals surface area contributed by atoms with Gasteiger partial charge in [0.25, 0.3) is 0 Å². The average Bonchev–Trinajstić information content (AvgIpc) is 2.87. The Hall–Kier alpha value is 0.1000. The third-order valence-corrected chi connectivity index (χ3v) is 5.82. The second kappa shape index (κ2) is 5.61. The number of rotatable bonds is 4. The molecule has 1 aromatic heterocycles. The van der Waals surface area contributed by atoms with Crippen LogP contribution in [0.4, 0.5) is 0 Å². The summed E-state index contributed by atoms with van der Waals surface area (Å²) < 4.78 is 1.17. The van der Waals surface area contributed by atoms with Gasteiger partial charge >= 0.3 is 0 Å². The van der Waals surface area contributed by atoms with Crippen LogP contribution in [0.1, 0.15) is 51.0 Å². The Morgan fingerprint density at radius 1 is 1.56 bits per heavy atom. The van der Waals surface area contributed by atoms with Gasteiger partial charge in [-0.1, -0.05) is 6.92 Å². The molecule has 0 bridgehead atoms. The quantitative estimate of drug-likeness (QED) is 0.897. The molecule has 0 saturated carbocycles. The zero-order valence-electron chi connectivity index (χ0n) is 11.4. The maximum atomic E-state index is 6.41. The van der Waals surface area contributed by atoms with Gasteiger partial charge in [0, 0.05) is 26.3 Å². The molecule has 1 aliphatic heterocycles. The molecule has 0 aliphatic carbocycles. The van der Waals surface area contributed by atoms with Crippen molar-refractivity contribution in [3.63, 3.8) is 0 Å². The van der Waals surface area contributed by atoms with Crippen LogP contribution in [0.25, 0.3) is 0 Å². The van der Waals surface area contributed by atoms with E-state index in [2.05, 4.69) is 53.0 Å². The van der Waals surface area contributed by atoms with E-state index in [1.54, 1.807) is 0 Å². The predicted octanol–water partition coefficient (Wildman–Crippen LogP) is 4.16. The van der Waals surface area contributed by atoms with E-state index in [-0.39, 0.29) is 11.6 Å². The zero-order valence-corrected chi connectivity index (χ0v) is 13.9. The van der Waals surface area contributed by atoms with Crippen molar-refractivity contribution >= 4 is 27.3 Å². The molecule has 0 radical (unpaired) electrons. The molecule has 0 amide bonds. The van der Waals surface area contributed by atoms with Crippen molar-refractivity contribution < 1.29 is 0 Å². The van der Waals surface area contributed by atoms with E-state index in [0.29, 0.717) is 6.04 Å². The lowest BCUT2D eigenvalue weighted by Gasteiger charge is -2.40. The Morgan fingerprint density at radius 2 is 2.28 bits per heavy atom. The summed E-state index contributed by atoms with van der Waals surface area (Å²) in [6.45, 7) is 8.04. The lowest BCUT2D eigenvalue weighted by Crippen LogP contribution is -2.47. The van der Waals surface area contributed by atoms with Gasteiger partial charge in [0.15, 0.2) is 0 Å². The van der Waals surface area contributed by atoms with Crippen molar-refractivity contribution in [3.05, 3.63) is 20.8 Å². The van der Waals surface area contributed by atoms with Gasteiger partial charge in [0.1, 0.15) is 0 Å². The van der Waals surface area contributed by atoms with Crippen LogP contribution in [0.3, 0.4) is 0 Å². The lowest BCUT2D eigenvalue weighted by atomic mass is 9.96. The summed E-state index contributed by atoms with van der Waals surface area (Å²) in [4.78, 5) is 4.01. The highest BCUT2D eigenvalue weighted by atomic mass is 79.9. The molecular formula is C14H23BrN2S. The fourth-order valence-electron chi connectivity index (χ4n) is 2.95. The van der Waals surface area contributed by atoms with Crippen LogP contribution < -0.4 is 5.73 Å². The van der Waals surface area contributed by atoms with E-state index < -0.39 is 0 Å². The normalized spacial score (nSPS) is 23.2. The molecule has 2 unspecified atom stereocenters. The summed E-state index contributed by atoms with van der Waals surface area (Å²) in [6, 6.07) is 2.82. The molecule has 1 aromatic rings. The molecule has 2 N–H and O–H groups in total. The highest BCUT2D eigenvalue weighted by Gasteiger charge is 2.39. The topological polar surface area (TPSA) is 29.3 Å². The van der Waals surface area contributed by atoms with Crippen molar-refractivity contribution in [2.45, 2.75) is 57.7 Å². The summed E-state index contributed by atoms with van der Waals surface area (Å²) in [7, 11) is 0. The average molecular weight is 331 g/mol. The van der Waals surface area contributed by atoms with Crippen LogP contribution in [0.15, 0.2) is 15.9 Å². The number of thiophene rings is 1. The van der Waals surface area contributed by atoms with Gasteiger partial charge in [0.2, 0.25) is 0 Å². The van der Waals surface area contributed by atoms with Gasteiger partial charge in [-0.2, -0.15) is 0 Å². The minimum Gasteiger partial charge on any atom is -0.326 e. The molecule has 1 saturated heterocycles. The first-order valence-electron chi connectivity index (χ1n) is 6.72. The van der Waals surface area contributed by atoms with E-state index in [1.165, 1.54) is 28.7 Å². The predicted molar refractivity (Wildman–Crippen MR) is 83.0 cm³/mol. The number of nitrogens with zero attached hydrogens (tertiary/aromatic N) is 1. The minimum atomic E-state index is 0.216. The first kappa shape index (κ1) is 14.5. The Morgan fingerprint density at radius 3 is 2.72 bits per heavy atom. The van der Waals surface area contributed by atoms with Gasteiger partial charge in [0.05, 0.1) is 6.04 Å². The van der Waals surface area contributed by atoms with Crippen LogP contribution in [-0.2, 0) is 0 Å². The molecule has 2 atom stereocenters. The fraction of sp³-hybridized carbons (Fsp3) is 0.714. The maximum Gasteiger partial charge on any atom is 0.0598 e. The maximum absolute atomic E-state index is 6.41. The van der Waals surface area contributed by atoms with Crippen molar-refractivity contribution in [3.8, 4) is 0 Å². The SMILES string of the molecule is CCC(N)C(c1cc(Br)cs1)N1CCCC1(C)C. The Labute approximate surface area is 123 Å². The van der Waals surface area contributed by atoms with Crippen LogP contribution in [0, 0.1) is 0 Å². The smallest absolute Gasteiger partial charge is 0.0598 e. The third-order valence-electron chi connectivity index (χ3n) is 4.06. The highest BCUT2D eigenvalue weighted by Crippen LogP contribution is 2.40.